The van der Waals surface area contributed by atoms with Crippen LogP contribution in [0.5, 0.6) is 5.75 Å². The van der Waals surface area contributed by atoms with Crippen molar-refractivity contribution in [1.29, 1.82) is 0 Å². The first-order valence-electron chi connectivity index (χ1n) is 25.1. The predicted molar refractivity (Wildman–Crippen MR) is 304 cm³/mol. The molecular weight excluding hydrogens is 873 g/mol. The van der Waals surface area contributed by atoms with Gasteiger partial charge in [-0.3, -0.25) is 0 Å². The Morgan fingerprint density at radius 1 is 0.431 bits per heavy atom. The van der Waals surface area contributed by atoms with Gasteiger partial charge in [-0.05, 0) is 165 Å². The summed E-state index contributed by atoms with van der Waals surface area (Å²) in [6.45, 7) is 8.51. The summed E-state index contributed by atoms with van der Waals surface area (Å²) in [5, 5.41) is 2.44. The molecule has 0 fully saturated rings. The predicted octanol–water partition coefficient (Wildman–Crippen LogP) is 18.4. The molecule has 12 rings (SSSR count). The SMILES string of the molecule is C=Cc1ccc(OCCCCC2(c3ccccc3)c3ccccc3-c3ccc(N(c4ccccc4)c4ccc(-c5ccc6c(c5)c5cc(-c7ccc(C=C)cc7)ccc5n6-c5ccccc5)cc4)cc32)cc1. The van der Waals surface area contributed by atoms with Gasteiger partial charge in [0.2, 0.25) is 0 Å². The average Bonchev–Trinajstić information content (AvgIpc) is 3.93. The first-order valence-corrected chi connectivity index (χ1v) is 25.1. The van der Waals surface area contributed by atoms with E-state index in [-0.39, 0.29) is 5.41 Å². The molecule has 0 saturated carbocycles. The molecule has 346 valence electrons. The fourth-order valence-electron chi connectivity index (χ4n) is 11.2. The van der Waals surface area contributed by atoms with Gasteiger partial charge >= 0.3 is 0 Å². The molecule has 10 aromatic carbocycles. The van der Waals surface area contributed by atoms with Crippen LogP contribution in [0.2, 0.25) is 0 Å². The van der Waals surface area contributed by atoms with Crippen molar-refractivity contribution in [2.24, 2.45) is 0 Å². The largest absolute Gasteiger partial charge is 0.494 e. The number of benzene rings is 10. The number of rotatable bonds is 15. The minimum atomic E-state index is -0.347. The summed E-state index contributed by atoms with van der Waals surface area (Å²) >= 11 is 0. The van der Waals surface area contributed by atoms with Crippen LogP contribution in [0, 0.1) is 0 Å². The van der Waals surface area contributed by atoms with E-state index in [0.29, 0.717) is 6.61 Å². The van der Waals surface area contributed by atoms with Crippen LogP contribution in [0.15, 0.2) is 256 Å². The highest BCUT2D eigenvalue weighted by Gasteiger charge is 2.44. The monoisotopic (exact) mass is 926 g/mol. The molecule has 0 bridgehead atoms. The van der Waals surface area contributed by atoms with Gasteiger partial charge in [-0.2, -0.15) is 0 Å². The summed E-state index contributed by atoms with van der Waals surface area (Å²) < 4.78 is 8.66. The van der Waals surface area contributed by atoms with Crippen LogP contribution in [-0.2, 0) is 5.41 Å². The van der Waals surface area contributed by atoms with E-state index >= 15 is 0 Å². The zero-order valence-corrected chi connectivity index (χ0v) is 40.3. The molecule has 1 unspecified atom stereocenters. The van der Waals surface area contributed by atoms with Crippen molar-refractivity contribution in [3.8, 4) is 44.8 Å². The Hall–Kier alpha value is -8.92. The van der Waals surface area contributed by atoms with Gasteiger partial charge in [-0.15, -0.1) is 0 Å². The van der Waals surface area contributed by atoms with Crippen LogP contribution >= 0.6 is 0 Å². The van der Waals surface area contributed by atoms with Crippen LogP contribution in [0.3, 0.4) is 0 Å². The van der Waals surface area contributed by atoms with Crippen LogP contribution in [0.1, 0.15) is 47.1 Å². The number of unbranched alkanes of at least 4 members (excludes halogenated alkanes) is 1. The van der Waals surface area contributed by atoms with Crippen molar-refractivity contribution in [3.63, 3.8) is 0 Å². The normalized spacial score (nSPS) is 13.7. The number of aromatic nitrogens is 1. The Kier molecular flexibility index (Phi) is 11.8. The molecular formula is C69H54N2O. The van der Waals surface area contributed by atoms with Gasteiger partial charge in [-0.25, -0.2) is 0 Å². The number of nitrogens with zero attached hydrogens (tertiary/aromatic N) is 2. The number of hydrogen-bond donors (Lipinski definition) is 0. The second-order valence-corrected chi connectivity index (χ2v) is 18.8. The van der Waals surface area contributed by atoms with Crippen LogP contribution in [0.25, 0.3) is 73.0 Å². The van der Waals surface area contributed by atoms with Crippen LogP contribution < -0.4 is 9.64 Å². The fourth-order valence-corrected chi connectivity index (χ4v) is 11.2. The molecule has 3 nitrogen and oxygen atoms in total. The van der Waals surface area contributed by atoms with Gasteiger partial charge in [-0.1, -0.05) is 183 Å². The number of para-hydroxylation sites is 2. The number of fused-ring (bicyclic) bond motifs is 6. The third kappa shape index (κ3) is 7.99. The second-order valence-electron chi connectivity index (χ2n) is 18.8. The minimum Gasteiger partial charge on any atom is -0.494 e. The third-order valence-corrected chi connectivity index (χ3v) is 14.7. The molecule has 0 radical (unpaired) electrons. The first-order chi connectivity index (χ1) is 35.6. The standard InChI is InChI=1S/C69H54N2O/c1-3-49-26-30-51(31-27-49)53-34-42-67-63(46-53)64-47-54(35-43-68(64)71(67)57-22-12-7-13-23-57)52-32-36-58(37-33-52)70(56-20-10-6-11-21-56)59-38-41-62-61-24-14-15-25-65(61)69(66(62)48-59,55-18-8-5-9-19-55)44-16-17-45-72-60-39-28-50(4-2)29-40-60/h3-15,18-43,46-48H,1-2,16-17,44-45H2. The molecule has 1 aliphatic rings. The molecule has 1 atom stereocenters. The van der Waals surface area contributed by atoms with Crippen molar-refractivity contribution < 1.29 is 4.74 Å². The van der Waals surface area contributed by atoms with Crippen molar-refractivity contribution in [3.05, 3.63) is 284 Å². The van der Waals surface area contributed by atoms with Crippen molar-refractivity contribution >= 4 is 51.0 Å². The van der Waals surface area contributed by atoms with Gasteiger partial charge in [0.1, 0.15) is 5.75 Å². The van der Waals surface area contributed by atoms with E-state index in [4.69, 9.17) is 4.74 Å². The maximum atomic E-state index is 6.27. The quantitative estimate of drug-likeness (QED) is 0.0953. The molecule has 1 aliphatic carbocycles. The maximum absolute atomic E-state index is 6.27. The van der Waals surface area contributed by atoms with E-state index in [0.717, 1.165) is 64.5 Å². The molecule has 1 aromatic heterocycles. The lowest BCUT2D eigenvalue weighted by Gasteiger charge is -2.34. The highest BCUT2D eigenvalue weighted by molar-refractivity contribution is 6.11. The molecule has 0 aliphatic heterocycles. The van der Waals surface area contributed by atoms with Gasteiger partial charge in [0, 0.05) is 38.9 Å². The van der Waals surface area contributed by atoms with Gasteiger partial charge in [0.15, 0.2) is 0 Å². The molecule has 3 heteroatoms. The highest BCUT2D eigenvalue weighted by Crippen LogP contribution is 2.56. The zero-order valence-electron chi connectivity index (χ0n) is 40.3. The Morgan fingerprint density at radius 2 is 0.944 bits per heavy atom. The zero-order chi connectivity index (χ0) is 48.4. The molecule has 0 saturated heterocycles. The molecule has 1 heterocycles. The van der Waals surface area contributed by atoms with Crippen molar-refractivity contribution in [2.45, 2.75) is 24.7 Å². The Balaban J connectivity index is 0.918. The van der Waals surface area contributed by atoms with E-state index < -0.39 is 0 Å². The van der Waals surface area contributed by atoms with Gasteiger partial charge < -0.3 is 14.2 Å². The summed E-state index contributed by atoms with van der Waals surface area (Å²) in [7, 11) is 0. The Bertz CT molecular complexity index is 3720. The first kappa shape index (κ1) is 44.3. The molecule has 0 amide bonds. The molecule has 72 heavy (non-hydrogen) atoms. The second kappa shape index (κ2) is 19.1. The van der Waals surface area contributed by atoms with Crippen LogP contribution in [-0.4, -0.2) is 11.2 Å². The maximum Gasteiger partial charge on any atom is 0.119 e. The lowest BCUT2D eigenvalue weighted by Crippen LogP contribution is -2.27. The summed E-state index contributed by atoms with van der Waals surface area (Å²) in [5.41, 5.74) is 20.0. The van der Waals surface area contributed by atoms with E-state index in [1.165, 1.54) is 66.3 Å². The number of anilines is 3. The lowest BCUT2D eigenvalue weighted by molar-refractivity contribution is 0.301. The molecule has 0 spiro atoms. The number of hydrogen-bond acceptors (Lipinski definition) is 2. The summed E-state index contributed by atoms with van der Waals surface area (Å²) in [5.74, 6) is 0.891. The van der Waals surface area contributed by atoms with E-state index in [1.807, 2.05) is 24.3 Å². The molecule has 11 aromatic rings. The van der Waals surface area contributed by atoms with Crippen molar-refractivity contribution in [2.75, 3.05) is 11.5 Å². The average molecular weight is 927 g/mol. The summed E-state index contributed by atoms with van der Waals surface area (Å²) in [6.07, 6.45) is 6.63. The van der Waals surface area contributed by atoms with Gasteiger partial charge in [0.25, 0.3) is 0 Å². The summed E-state index contributed by atoms with van der Waals surface area (Å²) in [6, 6.07) is 88.5. The lowest BCUT2D eigenvalue weighted by atomic mass is 9.69. The Labute approximate surface area is 422 Å². The van der Waals surface area contributed by atoms with Gasteiger partial charge in [0.05, 0.1) is 17.6 Å². The van der Waals surface area contributed by atoms with E-state index in [9.17, 15) is 0 Å². The topological polar surface area (TPSA) is 17.4 Å². The Morgan fingerprint density at radius 3 is 1.58 bits per heavy atom. The smallest absolute Gasteiger partial charge is 0.119 e. The third-order valence-electron chi connectivity index (χ3n) is 14.7. The van der Waals surface area contributed by atoms with E-state index in [2.05, 4.69) is 253 Å². The highest BCUT2D eigenvalue weighted by atomic mass is 16.5. The molecule has 0 N–H and O–H groups in total. The van der Waals surface area contributed by atoms with Crippen LogP contribution in [0.4, 0.5) is 17.1 Å². The van der Waals surface area contributed by atoms with E-state index in [1.54, 1.807) is 0 Å². The summed E-state index contributed by atoms with van der Waals surface area (Å²) in [4.78, 5) is 2.41. The number of ether oxygens (including phenoxy) is 1. The van der Waals surface area contributed by atoms with Crippen molar-refractivity contribution in [1.82, 2.24) is 4.57 Å². The fraction of sp³-hybridized carbons (Fsp3) is 0.0725. The minimum absolute atomic E-state index is 0.347.